The topological polar surface area (TPSA) is 63.5 Å². The van der Waals surface area contributed by atoms with Crippen molar-refractivity contribution in [2.45, 2.75) is 32.1 Å². The number of rotatable bonds is 5. The number of aryl methyl sites for hydroxylation is 1. The Morgan fingerprint density at radius 2 is 1.88 bits per heavy atom. The van der Waals surface area contributed by atoms with E-state index in [0.29, 0.717) is 11.6 Å². The molecule has 0 unspecified atom stereocenters. The third-order valence-corrected chi connectivity index (χ3v) is 5.21. The number of alkyl halides is 3. The molecule has 1 aromatic heterocycles. The van der Waals surface area contributed by atoms with Gasteiger partial charge < -0.3 is 19.7 Å². The number of hydrogen-bond acceptors (Lipinski definition) is 3. The zero-order chi connectivity index (χ0) is 23.3. The number of carbonyl (C=O) groups is 1. The van der Waals surface area contributed by atoms with E-state index in [0.717, 1.165) is 54.7 Å². The Kier molecular flexibility index (Phi) is 7.63. The Balaban J connectivity index is 0.000000360. The number of aromatic nitrogens is 1. The monoisotopic (exact) mass is 472 g/mol. The van der Waals surface area contributed by atoms with Crippen molar-refractivity contribution < 1.29 is 32.2 Å². The van der Waals surface area contributed by atoms with E-state index in [9.17, 15) is 17.6 Å². The standard InChI is InChI=1S/C20H20ClFN2O.C2HF3O2/c21-14-5-7-15(8-6-14)25-12-2-11-24-18-4-1-3-17(22)20(18)16-9-10-23-13-19(16)24;3-2(4,5)1(6)7/h1,3-8,23H,2,9-13H2;(H,6,7). The van der Waals surface area contributed by atoms with Gasteiger partial charge in [0.1, 0.15) is 11.6 Å². The fraction of sp³-hybridized carbons (Fsp3) is 0.318. The predicted molar refractivity (Wildman–Crippen MR) is 113 cm³/mol. The molecule has 172 valence electrons. The highest BCUT2D eigenvalue weighted by Crippen LogP contribution is 2.31. The van der Waals surface area contributed by atoms with Gasteiger partial charge in [-0.3, -0.25) is 0 Å². The average molecular weight is 473 g/mol. The highest BCUT2D eigenvalue weighted by Gasteiger charge is 2.38. The fourth-order valence-electron chi connectivity index (χ4n) is 3.58. The minimum atomic E-state index is -5.08. The summed E-state index contributed by atoms with van der Waals surface area (Å²) in [6.07, 6.45) is -3.35. The third kappa shape index (κ3) is 5.72. The van der Waals surface area contributed by atoms with E-state index in [2.05, 4.69) is 9.88 Å². The van der Waals surface area contributed by atoms with Crippen molar-refractivity contribution in [2.24, 2.45) is 0 Å². The van der Waals surface area contributed by atoms with Gasteiger partial charge >= 0.3 is 12.1 Å². The molecule has 10 heteroatoms. The fourth-order valence-corrected chi connectivity index (χ4v) is 3.71. The molecule has 0 saturated heterocycles. The number of aliphatic carboxylic acids is 1. The number of halogens is 5. The number of benzene rings is 2. The van der Waals surface area contributed by atoms with Crippen LogP contribution >= 0.6 is 11.6 Å². The van der Waals surface area contributed by atoms with Crippen LogP contribution in [-0.4, -0.2) is 35.0 Å². The summed E-state index contributed by atoms with van der Waals surface area (Å²) in [7, 11) is 0. The quantitative estimate of drug-likeness (QED) is 0.396. The molecule has 0 aliphatic carbocycles. The molecule has 2 aromatic carbocycles. The van der Waals surface area contributed by atoms with E-state index < -0.39 is 12.1 Å². The first-order chi connectivity index (χ1) is 15.2. The molecule has 0 radical (unpaired) electrons. The van der Waals surface area contributed by atoms with Crippen LogP contribution in [0.2, 0.25) is 5.02 Å². The highest BCUT2D eigenvalue weighted by molar-refractivity contribution is 6.30. The molecule has 3 aromatic rings. The van der Waals surface area contributed by atoms with Gasteiger partial charge in [-0.1, -0.05) is 17.7 Å². The summed E-state index contributed by atoms with van der Waals surface area (Å²) in [6.45, 7) is 3.12. The summed E-state index contributed by atoms with van der Waals surface area (Å²) in [4.78, 5) is 8.90. The van der Waals surface area contributed by atoms with Crippen LogP contribution in [0.3, 0.4) is 0 Å². The second-order valence-electron chi connectivity index (χ2n) is 7.10. The van der Waals surface area contributed by atoms with Gasteiger partial charge in [-0.05, 0) is 61.3 Å². The van der Waals surface area contributed by atoms with Crippen molar-refractivity contribution in [3.05, 3.63) is 64.6 Å². The number of ether oxygens (including phenoxy) is 1. The van der Waals surface area contributed by atoms with Gasteiger partial charge in [-0.15, -0.1) is 0 Å². The van der Waals surface area contributed by atoms with Gasteiger partial charge in [-0.25, -0.2) is 9.18 Å². The Bertz CT molecular complexity index is 1080. The lowest BCUT2D eigenvalue weighted by atomic mass is 10.0. The molecule has 0 atom stereocenters. The van der Waals surface area contributed by atoms with E-state index in [1.807, 2.05) is 30.3 Å². The maximum absolute atomic E-state index is 14.4. The van der Waals surface area contributed by atoms with Crippen LogP contribution in [0.25, 0.3) is 10.9 Å². The van der Waals surface area contributed by atoms with Gasteiger partial charge in [0.15, 0.2) is 0 Å². The second-order valence-corrected chi connectivity index (χ2v) is 7.53. The first kappa shape index (κ1) is 23.9. The van der Waals surface area contributed by atoms with Crippen LogP contribution in [0.5, 0.6) is 5.75 Å². The van der Waals surface area contributed by atoms with Crippen LogP contribution in [0, 0.1) is 5.82 Å². The van der Waals surface area contributed by atoms with Crippen LogP contribution in [0.15, 0.2) is 42.5 Å². The second kappa shape index (κ2) is 10.2. The molecule has 0 saturated carbocycles. The molecule has 4 rings (SSSR count). The Labute approximate surface area is 186 Å². The molecule has 0 spiro atoms. The summed E-state index contributed by atoms with van der Waals surface area (Å²) in [5, 5.41) is 12.0. The van der Waals surface area contributed by atoms with E-state index in [-0.39, 0.29) is 5.82 Å². The summed E-state index contributed by atoms with van der Waals surface area (Å²) < 4.78 is 54.1. The zero-order valence-electron chi connectivity index (χ0n) is 16.9. The van der Waals surface area contributed by atoms with Gasteiger partial charge in [-0.2, -0.15) is 13.2 Å². The molecule has 1 aliphatic rings. The maximum atomic E-state index is 14.4. The van der Waals surface area contributed by atoms with Crippen LogP contribution in [-0.2, 0) is 24.3 Å². The van der Waals surface area contributed by atoms with Crippen LogP contribution in [0.1, 0.15) is 17.7 Å². The average Bonchev–Trinajstić information content (AvgIpc) is 3.07. The molecule has 0 amide bonds. The van der Waals surface area contributed by atoms with E-state index in [1.165, 1.54) is 5.69 Å². The number of nitrogens with one attached hydrogen (secondary N) is 1. The lowest BCUT2D eigenvalue weighted by Crippen LogP contribution is -2.25. The minimum absolute atomic E-state index is 0.119. The predicted octanol–water partition coefficient (Wildman–Crippen LogP) is 5.18. The van der Waals surface area contributed by atoms with Crippen LogP contribution < -0.4 is 10.1 Å². The molecule has 5 nitrogen and oxygen atoms in total. The summed E-state index contributed by atoms with van der Waals surface area (Å²) in [5.74, 6) is -2.06. The maximum Gasteiger partial charge on any atom is 0.490 e. The van der Waals surface area contributed by atoms with Gasteiger partial charge in [0.2, 0.25) is 0 Å². The van der Waals surface area contributed by atoms with E-state index in [1.54, 1.807) is 12.1 Å². The van der Waals surface area contributed by atoms with Crippen molar-refractivity contribution in [1.29, 1.82) is 0 Å². The number of nitrogens with zero attached hydrogens (tertiary/aromatic N) is 1. The van der Waals surface area contributed by atoms with E-state index in [4.69, 9.17) is 26.2 Å². The number of carboxylic acid groups (broad SMARTS) is 1. The summed E-state index contributed by atoms with van der Waals surface area (Å²) in [5.41, 5.74) is 3.35. The van der Waals surface area contributed by atoms with Gasteiger partial charge in [0.05, 0.1) is 12.1 Å². The number of carboxylic acids is 1. The first-order valence-electron chi connectivity index (χ1n) is 9.86. The Hall–Kier alpha value is -2.78. The minimum Gasteiger partial charge on any atom is -0.494 e. The molecule has 2 N–H and O–H groups in total. The Morgan fingerprint density at radius 1 is 1.19 bits per heavy atom. The third-order valence-electron chi connectivity index (χ3n) is 4.95. The lowest BCUT2D eigenvalue weighted by Gasteiger charge is -2.17. The van der Waals surface area contributed by atoms with E-state index >= 15 is 0 Å². The summed E-state index contributed by atoms with van der Waals surface area (Å²) >= 11 is 5.88. The largest absolute Gasteiger partial charge is 0.494 e. The summed E-state index contributed by atoms with van der Waals surface area (Å²) in [6, 6.07) is 12.7. The molecule has 2 heterocycles. The molecule has 0 bridgehead atoms. The molecule has 1 aliphatic heterocycles. The van der Waals surface area contributed by atoms with Gasteiger partial charge in [0, 0.05) is 29.2 Å². The van der Waals surface area contributed by atoms with Crippen molar-refractivity contribution in [3.8, 4) is 5.75 Å². The van der Waals surface area contributed by atoms with Crippen molar-refractivity contribution >= 4 is 28.5 Å². The molecule has 32 heavy (non-hydrogen) atoms. The lowest BCUT2D eigenvalue weighted by molar-refractivity contribution is -0.192. The number of hydrogen-bond donors (Lipinski definition) is 2. The normalized spacial score (nSPS) is 13.3. The molecular formula is C22H21ClF4N2O3. The smallest absolute Gasteiger partial charge is 0.490 e. The van der Waals surface area contributed by atoms with Crippen LogP contribution in [0.4, 0.5) is 17.6 Å². The van der Waals surface area contributed by atoms with Crippen molar-refractivity contribution in [3.63, 3.8) is 0 Å². The van der Waals surface area contributed by atoms with Gasteiger partial charge in [0.25, 0.3) is 0 Å². The Morgan fingerprint density at radius 3 is 2.53 bits per heavy atom. The van der Waals surface area contributed by atoms with Crippen molar-refractivity contribution in [1.82, 2.24) is 9.88 Å². The first-order valence-corrected chi connectivity index (χ1v) is 10.2. The molecular weight excluding hydrogens is 452 g/mol. The highest BCUT2D eigenvalue weighted by atomic mass is 35.5. The SMILES string of the molecule is Fc1cccc2c1c1c(n2CCCOc2ccc(Cl)cc2)CNCC1.O=C(O)C(F)(F)F. The number of fused-ring (bicyclic) bond motifs is 3. The zero-order valence-corrected chi connectivity index (χ0v) is 17.6. The molecule has 0 fully saturated rings. The van der Waals surface area contributed by atoms with Crippen molar-refractivity contribution in [2.75, 3.05) is 13.2 Å².